The van der Waals surface area contributed by atoms with Crippen LogP contribution in [0.1, 0.15) is 58.2 Å². The quantitative estimate of drug-likeness (QED) is 0.676. The van der Waals surface area contributed by atoms with Crippen LogP contribution >= 0.6 is 0 Å². The summed E-state index contributed by atoms with van der Waals surface area (Å²) < 4.78 is 16.7. The second-order valence-corrected chi connectivity index (χ2v) is 8.13. The van der Waals surface area contributed by atoms with E-state index in [0.29, 0.717) is 23.7 Å². The molecule has 2 aromatic rings. The largest absolute Gasteiger partial charge is 0.497 e. The average molecular weight is 400 g/mol. The maximum atomic E-state index is 12.8. The number of carbonyl (C=O) groups excluding carboxylic acids is 1. The molecule has 0 aromatic heterocycles. The van der Waals surface area contributed by atoms with E-state index >= 15 is 0 Å². The van der Waals surface area contributed by atoms with Crippen LogP contribution in [-0.4, -0.2) is 26.2 Å². The van der Waals surface area contributed by atoms with Crippen LogP contribution in [0.2, 0.25) is 0 Å². The lowest BCUT2D eigenvalue weighted by Gasteiger charge is -2.23. The van der Waals surface area contributed by atoms with E-state index in [9.17, 15) is 4.79 Å². The Balaban J connectivity index is 2.10. The maximum absolute atomic E-state index is 12.8. The molecule has 2 atom stereocenters. The molecule has 2 aromatic carbocycles. The van der Waals surface area contributed by atoms with Crippen LogP contribution in [-0.2, 0) is 10.2 Å². The molecule has 0 spiro atoms. The van der Waals surface area contributed by atoms with E-state index in [1.165, 1.54) is 5.56 Å². The molecule has 0 bridgehead atoms. The molecule has 1 N–H and O–H groups in total. The number of ether oxygens (including phenoxy) is 3. The van der Waals surface area contributed by atoms with Gasteiger partial charge in [-0.25, -0.2) is 0 Å². The molecule has 5 heteroatoms. The highest BCUT2D eigenvalue weighted by Gasteiger charge is 2.23. The Bertz CT molecular complexity index is 809. The zero-order valence-electron chi connectivity index (χ0n) is 18.5. The molecule has 0 fully saturated rings. The summed E-state index contributed by atoms with van der Waals surface area (Å²) in [4.78, 5) is 12.8. The smallest absolute Gasteiger partial charge is 0.261 e. The van der Waals surface area contributed by atoms with E-state index in [-0.39, 0.29) is 17.4 Å². The standard InChI is InChI=1S/C24H33NO4/c1-8-21(29-18-11-9-17(10-12-18)24(3,4)5)23(26)25-16(2)20-15-19(27-6)13-14-22(20)28-7/h9-16,21H,8H2,1-7H3,(H,25,26). The predicted octanol–water partition coefficient (Wildman–Crippen LogP) is 5.04. The van der Waals surface area contributed by atoms with Gasteiger partial charge in [-0.1, -0.05) is 39.8 Å². The molecule has 0 aliphatic rings. The summed E-state index contributed by atoms with van der Waals surface area (Å²) in [6, 6.07) is 13.2. The Morgan fingerprint density at radius 2 is 1.62 bits per heavy atom. The fraction of sp³-hybridized carbons (Fsp3) is 0.458. The Labute approximate surface area is 174 Å². The second-order valence-electron chi connectivity index (χ2n) is 8.13. The van der Waals surface area contributed by atoms with Crippen molar-refractivity contribution in [1.82, 2.24) is 5.32 Å². The fourth-order valence-corrected chi connectivity index (χ4v) is 3.08. The lowest BCUT2D eigenvalue weighted by Crippen LogP contribution is -2.39. The summed E-state index contributed by atoms with van der Waals surface area (Å²) in [5, 5.41) is 3.03. The molecule has 1 amide bonds. The van der Waals surface area contributed by atoms with Crippen molar-refractivity contribution in [3.63, 3.8) is 0 Å². The van der Waals surface area contributed by atoms with E-state index in [1.54, 1.807) is 14.2 Å². The van der Waals surface area contributed by atoms with Crippen molar-refractivity contribution in [3.05, 3.63) is 53.6 Å². The number of benzene rings is 2. The number of hydrogen-bond donors (Lipinski definition) is 1. The number of amides is 1. The fourth-order valence-electron chi connectivity index (χ4n) is 3.08. The number of carbonyl (C=O) groups is 1. The topological polar surface area (TPSA) is 56.8 Å². The molecule has 0 radical (unpaired) electrons. The van der Waals surface area contributed by atoms with Crippen LogP contribution in [0, 0.1) is 0 Å². The molecule has 2 unspecified atom stereocenters. The lowest BCUT2D eigenvalue weighted by atomic mass is 9.87. The summed E-state index contributed by atoms with van der Waals surface area (Å²) in [5.41, 5.74) is 2.15. The van der Waals surface area contributed by atoms with Crippen molar-refractivity contribution in [2.45, 2.75) is 58.6 Å². The van der Waals surface area contributed by atoms with E-state index < -0.39 is 6.10 Å². The van der Waals surface area contributed by atoms with Crippen molar-refractivity contribution < 1.29 is 19.0 Å². The molecular formula is C24H33NO4. The SMILES string of the molecule is CCC(Oc1ccc(C(C)(C)C)cc1)C(=O)NC(C)c1cc(OC)ccc1OC. The van der Waals surface area contributed by atoms with Gasteiger partial charge in [0, 0.05) is 5.56 Å². The van der Waals surface area contributed by atoms with E-state index in [2.05, 4.69) is 26.1 Å². The van der Waals surface area contributed by atoms with E-state index in [1.807, 2.05) is 56.3 Å². The van der Waals surface area contributed by atoms with E-state index in [4.69, 9.17) is 14.2 Å². The molecule has 0 heterocycles. The summed E-state index contributed by atoms with van der Waals surface area (Å²) >= 11 is 0. The van der Waals surface area contributed by atoms with Gasteiger partial charge in [-0.3, -0.25) is 4.79 Å². The molecule has 2 rings (SSSR count). The molecule has 0 aliphatic heterocycles. The Morgan fingerprint density at radius 3 is 2.14 bits per heavy atom. The minimum atomic E-state index is -0.575. The minimum absolute atomic E-state index is 0.0747. The minimum Gasteiger partial charge on any atom is -0.497 e. The van der Waals surface area contributed by atoms with Gasteiger partial charge in [-0.05, 0) is 54.7 Å². The first-order valence-corrected chi connectivity index (χ1v) is 9.99. The van der Waals surface area contributed by atoms with Crippen LogP contribution in [0.5, 0.6) is 17.2 Å². The highest BCUT2D eigenvalue weighted by atomic mass is 16.5. The normalized spacial score (nSPS) is 13.3. The summed E-state index contributed by atoms with van der Waals surface area (Å²) in [5.74, 6) is 1.94. The highest BCUT2D eigenvalue weighted by molar-refractivity contribution is 5.81. The predicted molar refractivity (Wildman–Crippen MR) is 116 cm³/mol. The van der Waals surface area contributed by atoms with E-state index in [0.717, 1.165) is 5.56 Å². The van der Waals surface area contributed by atoms with Gasteiger partial charge in [-0.15, -0.1) is 0 Å². The van der Waals surface area contributed by atoms with Gasteiger partial charge in [0.25, 0.3) is 5.91 Å². The zero-order valence-corrected chi connectivity index (χ0v) is 18.5. The lowest BCUT2D eigenvalue weighted by molar-refractivity contribution is -0.128. The number of rotatable bonds is 8. The third-order valence-electron chi connectivity index (χ3n) is 4.92. The molecular weight excluding hydrogens is 366 g/mol. The molecule has 0 aliphatic carbocycles. The molecule has 29 heavy (non-hydrogen) atoms. The first-order chi connectivity index (χ1) is 13.7. The highest BCUT2D eigenvalue weighted by Crippen LogP contribution is 2.29. The van der Waals surface area contributed by atoms with Gasteiger partial charge in [0.05, 0.1) is 20.3 Å². The number of nitrogens with one attached hydrogen (secondary N) is 1. The Kier molecular flexibility index (Phi) is 7.54. The summed E-state index contributed by atoms with van der Waals surface area (Å²) in [6.07, 6.45) is -0.0102. The van der Waals surface area contributed by atoms with Gasteiger partial charge in [-0.2, -0.15) is 0 Å². The summed E-state index contributed by atoms with van der Waals surface area (Å²) in [6.45, 7) is 10.3. The van der Waals surface area contributed by atoms with Gasteiger partial charge in [0.1, 0.15) is 17.2 Å². The van der Waals surface area contributed by atoms with Crippen LogP contribution in [0.3, 0.4) is 0 Å². The second kappa shape index (κ2) is 9.68. The Hall–Kier alpha value is -2.69. The zero-order chi connectivity index (χ0) is 21.6. The van der Waals surface area contributed by atoms with Crippen molar-refractivity contribution in [1.29, 1.82) is 0 Å². The average Bonchev–Trinajstić information content (AvgIpc) is 2.70. The van der Waals surface area contributed by atoms with Crippen LogP contribution in [0.25, 0.3) is 0 Å². The molecule has 0 saturated carbocycles. The van der Waals surface area contributed by atoms with Gasteiger partial charge in [0.2, 0.25) is 0 Å². The van der Waals surface area contributed by atoms with Crippen LogP contribution in [0.15, 0.2) is 42.5 Å². The van der Waals surface area contributed by atoms with Crippen molar-refractivity contribution in [3.8, 4) is 17.2 Å². The monoisotopic (exact) mass is 399 g/mol. The Morgan fingerprint density at radius 1 is 1.00 bits per heavy atom. The third-order valence-corrected chi connectivity index (χ3v) is 4.92. The number of hydrogen-bond acceptors (Lipinski definition) is 4. The first kappa shape index (κ1) is 22.6. The third kappa shape index (κ3) is 5.89. The molecule has 158 valence electrons. The van der Waals surface area contributed by atoms with Crippen LogP contribution < -0.4 is 19.5 Å². The van der Waals surface area contributed by atoms with Gasteiger partial charge >= 0.3 is 0 Å². The van der Waals surface area contributed by atoms with Crippen molar-refractivity contribution in [2.75, 3.05) is 14.2 Å². The molecule has 5 nitrogen and oxygen atoms in total. The van der Waals surface area contributed by atoms with Crippen molar-refractivity contribution >= 4 is 5.91 Å². The first-order valence-electron chi connectivity index (χ1n) is 9.99. The van der Waals surface area contributed by atoms with Crippen LogP contribution in [0.4, 0.5) is 0 Å². The van der Waals surface area contributed by atoms with Gasteiger partial charge < -0.3 is 19.5 Å². The summed E-state index contributed by atoms with van der Waals surface area (Å²) in [7, 11) is 3.22. The number of methoxy groups -OCH3 is 2. The molecule has 0 saturated heterocycles. The van der Waals surface area contributed by atoms with Gasteiger partial charge in [0.15, 0.2) is 6.10 Å². The maximum Gasteiger partial charge on any atom is 0.261 e. The van der Waals surface area contributed by atoms with Crippen molar-refractivity contribution in [2.24, 2.45) is 0 Å².